The highest BCUT2D eigenvalue weighted by Gasteiger charge is 2.30. The fraction of sp³-hybridized carbons (Fsp3) is 0.333. The molecule has 19 rings (SSSR count). The molecule has 3 aromatic carbocycles. The number of allylic oxidation sites excluding steroid dienone is 2. The molecule has 12 aromatic rings. The average Bonchev–Trinajstić information content (AvgIpc) is 1.51. The Morgan fingerprint density at radius 1 is 0.533 bits per heavy atom. The number of rotatable bonds is 19. The molecule has 7 aliphatic rings. The molecule has 9 aromatic heterocycles. The highest BCUT2D eigenvalue weighted by Crippen LogP contribution is 2.40. The number of terminal acetylenes is 1. The topological polar surface area (TPSA) is 263 Å². The van der Waals surface area contributed by atoms with Gasteiger partial charge in [-0.1, -0.05) is 54.5 Å². The molecule has 107 heavy (non-hydrogen) atoms. The van der Waals surface area contributed by atoms with Gasteiger partial charge in [0.2, 0.25) is 17.8 Å². The van der Waals surface area contributed by atoms with E-state index in [0.29, 0.717) is 89.6 Å². The highest BCUT2D eigenvalue weighted by atomic mass is 16.3. The Hall–Kier alpha value is -11.4. The highest BCUT2D eigenvalue weighted by molar-refractivity contribution is 5.80. The molecule has 2 atom stereocenters. The minimum absolute atomic E-state index is 0.0493. The molecule has 7 N–H and O–H groups in total. The molecular formula is C84H87N19O4. The number of anilines is 6. The maximum absolute atomic E-state index is 13.7. The molecular weight excluding hydrogens is 1340 g/mol. The number of pyridine rings is 3. The molecule has 3 aliphatic carbocycles. The Balaban J connectivity index is 0.000000118. The van der Waals surface area contributed by atoms with E-state index >= 15 is 0 Å². The molecule has 4 aliphatic heterocycles. The zero-order valence-corrected chi connectivity index (χ0v) is 59.9. The fourth-order valence-corrected chi connectivity index (χ4v) is 15.7. The van der Waals surface area contributed by atoms with Crippen molar-refractivity contribution in [2.45, 2.75) is 127 Å². The second-order valence-corrected chi connectivity index (χ2v) is 29.1. The number of hydrogen-bond donors (Lipinski definition) is 7. The van der Waals surface area contributed by atoms with Crippen LogP contribution in [0.1, 0.15) is 157 Å². The van der Waals surface area contributed by atoms with E-state index in [0.717, 1.165) is 153 Å². The summed E-state index contributed by atoms with van der Waals surface area (Å²) in [5.41, 5.74) is 15.0. The van der Waals surface area contributed by atoms with Gasteiger partial charge in [0.05, 0.1) is 43.2 Å². The van der Waals surface area contributed by atoms with Crippen LogP contribution in [-0.2, 0) is 19.6 Å². The summed E-state index contributed by atoms with van der Waals surface area (Å²) in [5, 5.41) is 30.6. The van der Waals surface area contributed by atoms with Crippen LogP contribution < -0.4 is 53.9 Å². The lowest BCUT2D eigenvalue weighted by atomic mass is 9.90. The zero-order valence-electron chi connectivity index (χ0n) is 59.9. The number of nitrogens with one attached hydrogen (secondary N) is 7. The van der Waals surface area contributed by atoms with Gasteiger partial charge >= 0.3 is 0 Å². The second-order valence-electron chi connectivity index (χ2n) is 29.1. The van der Waals surface area contributed by atoms with E-state index in [-0.39, 0.29) is 22.2 Å². The third-order valence-corrected chi connectivity index (χ3v) is 21.8. The Kier molecular flexibility index (Phi) is 19.9. The summed E-state index contributed by atoms with van der Waals surface area (Å²) in [4.78, 5) is 67.7. The Labute approximate surface area is 619 Å². The largest absolute Gasteiger partial charge is 0.464 e. The summed E-state index contributed by atoms with van der Waals surface area (Å²) in [5.74, 6) is 6.29. The Morgan fingerprint density at radius 2 is 1.17 bits per heavy atom. The minimum Gasteiger partial charge on any atom is -0.464 e. The van der Waals surface area contributed by atoms with Crippen LogP contribution >= 0.6 is 0 Å². The molecule has 2 saturated carbocycles. The van der Waals surface area contributed by atoms with Gasteiger partial charge in [-0.15, -0.1) is 6.42 Å². The minimum atomic E-state index is -0.258. The van der Waals surface area contributed by atoms with Crippen molar-refractivity contribution in [2.75, 3.05) is 68.3 Å². The van der Waals surface area contributed by atoms with Gasteiger partial charge in [-0.3, -0.25) is 32.8 Å². The third kappa shape index (κ3) is 15.4. The molecule has 13 heterocycles. The van der Waals surface area contributed by atoms with Crippen LogP contribution in [0.3, 0.4) is 0 Å². The van der Waals surface area contributed by atoms with E-state index in [1.54, 1.807) is 46.0 Å². The summed E-state index contributed by atoms with van der Waals surface area (Å²) < 4.78 is 15.4. The van der Waals surface area contributed by atoms with Crippen LogP contribution in [0.2, 0.25) is 0 Å². The van der Waals surface area contributed by atoms with Crippen LogP contribution in [0.4, 0.5) is 34.9 Å². The molecule has 23 nitrogen and oxygen atoms in total. The standard InChI is InChI=1S/C30H27N5O2.C29H34N8O.C25H26N6O/c1-2-20-17-25-18-32-30(33-26-9-7-21(8-10-26)22-11-14-31-15-12-22)34-28(25)35(29(20)36)19-24-13-16-37-27(24)23-5-3-4-6-23;38-28-26(21-1-2-21)15-22-16-32-29(34-23-5-3-19(4-6-23)20-7-11-30-12-8-20)35-27(22)36(28)18-25-10-14-33-37(25)24-9-13-31-17-24;32-23-10-5-19-15-27-25(28-20-6-3-17(4-7-20)18-11-12-26-14-18)29-24(19)31(23)16-22-2-1-13-30(22)21-8-9-21/h1,5,7-11,13,16-18,31H,3-4,6,12,14-15,19H2,(H,32,33,34);3-6,10,14-16,20-21,24,30-31H,1-2,7-9,11-13,17-18H2,(H,32,34,35);1-7,10,13,15,18,21,26H,8-9,11-12,14,16H2,(H,27,28,29). The van der Waals surface area contributed by atoms with Gasteiger partial charge in [-0.25, -0.2) is 15.0 Å². The van der Waals surface area contributed by atoms with Crippen molar-refractivity contribution >= 4 is 79.2 Å². The van der Waals surface area contributed by atoms with Crippen LogP contribution in [0.15, 0.2) is 190 Å². The van der Waals surface area contributed by atoms with Gasteiger partial charge in [0.1, 0.15) is 22.7 Å². The number of hydrogen-bond acceptors (Lipinski definition) is 18. The average molecular weight is 1430 g/mol. The SMILES string of the molecule is C#Cc1cc2cnc(Nc3ccc(C4=CCNCC4)cc3)nc2n(Cc2ccoc2C2=CCCC2)c1=O.O=c1c(C2CC2)cc2cnc(Nc3ccc(C4CCNCC4)cc3)nc2n1Cc1ccnn1C1CCNC1.O=c1ccc2cnc(Nc3ccc(C4CCNC4)cc3)nc2n1Cc1cccn1C1CC1. The maximum Gasteiger partial charge on any atom is 0.268 e. The summed E-state index contributed by atoms with van der Waals surface area (Å²) in [6, 6.07) is 41.4. The first kappa shape index (κ1) is 68.7. The smallest absolute Gasteiger partial charge is 0.268 e. The summed E-state index contributed by atoms with van der Waals surface area (Å²) in [7, 11) is 0. The first-order chi connectivity index (χ1) is 52.7. The molecule has 5 fully saturated rings. The molecule has 23 heteroatoms. The first-order valence-electron chi connectivity index (χ1n) is 37.9. The van der Waals surface area contributed by atoms with Crippen LogP contribution in [-0.4, -0.2) is 110 Å². The quantitative estimate of drug-likeness (QED) is 0.0371. The molecule has 0 spiro atoms. The Morgan fingerprint density at radius 3 is 1.80 bits per heavy atom. The van der Waals surface area contributed by atoms with Crippen molar-refractivity contribution in [1.29, 1.82) is 0 Å². The lowest BCUT2D eigenvalue weighted by Crippen LogP contribution is -2.27. The van der Waals surface area contributed by atoms with E-state index < -0.39 is 0 Å². The Bertz CT molecular complexity index is 5520. The van der Waals surface area contributed by atoms with Gasteiger partial charge in [0.15, 0.2) is 0 Å². The van der Waals surface area contributed by atoms with Crippen molar-refractivity contribution in [2.24, 2.45) is 0 Å². The number of aromatic nitrogens is 12. The lowest BCUT2D eigenvalue weighted by Gasteiger charge is -2.23. The molecule has 2 unspecified atom stereocenters. The van der Waals surface area contributed by atoms with Crippen molar-refractivity contribution in [1.82, 2.24) is 79.2 Å². The fourth-order valence-electron chi connectivity index (χ4n) is 15.7. The third-order valence-electron chi connectivity index (χ3n) is 21.8. The number of furan rings is 1. The van der Waals surface area contributed by atoms with Gasteiger partial charge in [0.25, 0.3) is 16.7 Å². The van der Waals surface area contributed by atoms with E-state index in [2.05, 4.69) is 164 Å². The summed E-state index contributed by atoms with van der Waals surface area (Å²) in [6.45, 7) is 9.33. The number of benzene rings is 3. The van der Waals surface area contributed by atoms with Gasteiger partial charge in [-0.2, -0.15) is 20.1 Å². The first-order valence-corrected chi connectivity index (χ1v) is 37.9. The van der Waals surface area contributed by atoms with E-state index in [4.69, 9.17) is 25.8 Å². The monoisotopic (exact) mass is 1430 g/mol. The maximum atomic E-state index is 13.7. The molecule has 0 radical (unpaired) electrons. The van der Waals surface area contributed by atoms with E-state index in [1.165, 1.54) is 59.9 Å². The predicted molar refractivity (Wildman–Crippen MR) is 420 cm³/mol. The molecule has 0 bridgehead atoms. The predicted octanol–water partition coefficient (Wildman–Crippen LogP) is 12.6. The summed E-state index contributed by atoms with van der Waals surface area (Å²) >= 11 is 0. The number of fused-ring (bicyclic) bond motifs is 3. The van der Waals surface area contributed by atoms with Crippen LogP contribution in [0, 0.1) is 12.3 Å². The lowest BCUT2D eigenvalue weighted by molar-refractivity contribution is 0.460. The van der Waals surface area contributed by atoms with Gasteiger partial charge < -0.3 is 46.2 Å². The van der Waals surface area contributed by atoms with E-state index in [1.807, 2.05) is 47.3 Å². The molecule has 0 amide bonds. The van der Waals surface area contributed by atoms with Crippen molar-refractivity contribution < 1.29 is 4.42 Å². The zero-order chi connectivity index (χ0) is 72.2. The summed E-state index contributed by atoms with van der Waals surface area (Å²) in [6.07, 6.45) is 34.3. The van der Waals surface area contributed by atoms with E-state index in [9.17, 15) is 14.4 Å². The van der Waals surface area contributed by atoms with Gasteiger partial charge in [-0.05, 0) is 234 Å². The molecule has 3 saturated heterocycles. The van der Waals surface area contributed by atoms with Crippen LogP contribution in [0.5, 0.6) is 0 Å². The normalized spacial score (nSPS) is 18.0. The van der Waals surface area contributed by atoms with Gasteiger partial charge in [0, 0.05) is 113 Å². The van der Waals surface area contributed by atoms with Crippen molar-refractivity contribution in [3.8, 4) is 12.3 Å². The number of nitrogens with zero attached hydrogens (tertiary/aromatic N) is 12. The molecule has 542 valence electrons. The van der Waals surface area contributed by atoms with Crippen molar-refractivity contribution in [3.05, 3.63) is 252 Å². The number of piperidine rings is 1. The second kappa shape index (κ2) is 31.0. The van der Waals surface area contributed by atoms with Crippen LogP contribution in [0.25, 0.3) is 44.2 Å². The van der Waals surface area contributed by atoms with Crippen molar-refractivity contribution in [3.63, 3.8) is 0 Å².